The zero-order valence-corrected chi connectivity index (χ0v) is 13.6. The van der Waals surface area contributed by atoms with Crippen LogP contribution in [-0.2, 0) is 9.47 Å². The maximum absolute atomic E-state index is 12.5. The average molecular weight is 309 g/mol. The van der Waals surface area contributed by atoms with Crippen LogP contribution in [0.3, 0.4) is 0 Å². The Morgan fingerprint density at radius 2 is 2.24 bits per heavy atom. The summed E-state index contributed by atoms with van der Waals surface area (Å²) < 4.78 is 11.0. The van der Waals surface area contributed by atoms with Gasteiger partial charge in [0.2, 0.25) is 0 Å². The Labute approximate surface area is 130 Å². The number of methoxy groups -OCH3 is 1. The van der Waals surface area contributed by atoms with Crippen molar-refractivity contribution >= 4 is 17.2 Å². The highest BCUT2D eigenvalue weighted by molar-refractivity contribution is 7.13. The summed E-state index contributed by atoms with van der Waals surface area (Å²) in [6, 6.07) is 3.96. The van der Waals surface area contributed by atoms with Crippen molar-refractivity contribution in [2.24, 2.45) is 5.41 Å². The van der Waals surface area contributed by atoms with Crippen LogP contribution in [0.15, 0.2) is 12.1 Å². The second kappa shape index (κ2) is 6.07. The third-order valence-corrected chi connectivity index (χ3v) is 5.69. The summed E-state index contributed by atoms with van der Waals surface area (Å²) in [5, 5.41) is 0. The summed E-state index contributed by atoms with van der Waals surface area (Å²) in [5.41, 5.74) is 0.269. The van der Waals surface area contributed by atoms with Gasteiger partial charge in [-0.25, -0.2) is 0 Å². The number of hydrogen-bond acceptors (Lipinski definition) is 4. The van der Waals surface area contributed by atoms with Crippen LogP contribution in [0, 0.1) is 12.3 Å². The molecule has 1 spiro atoms. The van der Waals surface area contributed by atoms with Gasteiger partial charge in [-0.1, -0.05) is 0 Å². The molecule has 1 atom stereocenters. The van der Waals surface area contributed by atoms with E-state index in [0.717, 1.165) is 43.8 Å². The lowest BCUT2D eigenvalue weighted by Gasteiger charge is -2.38. The first-order valence-electron chi connectivity index (χ1n) is 7.58. The van der Waals surface area contributed by atoms with E-state index in [1.807, 2.05) is 24.0 Å². The Hall–Kier alpha value is -0.910. The standard InChI is InChI=1S/C16H23NO3S/c1-12-3-4-14(21-12)15(18)17-7-5-16(6-8-17)9-13(10-19-2)20-11-16/h3-4,13H,5-11H2,1-2H3. The van der Waals surface area contributed by atoms with Crippen molar-refractivity contribution in [3.63, 3.8) is 0 Å². The van der Waals surface area contributed by atoms with Crippen LogP contribution in [0.1, 0.15) is 33.8 Å². The predicted octanol–water partition coefficient (Wildman–Crippen LogP) is 2.71. The molecule has 2 aliphatic heterocycles. The lowest BCUT2D eigenvalue weighted by Crippen LogP contribution is -2.43. The van der Waals surface area contributed by atoms with Crippen molar-refractivity contribution in [1.29, 1.82) is 0 Å². The van der Waals surface area contributed by atoms with Gasteiger partial charge in [-0.3, -0.25) is 4.79 Å². The van der Waals surface area contributed by atoms with E-state index in [1.54, 1.807) is 18.4 Å². The lowest BCUT2D eigenvalue weighted by atomic mass is 9.76. The molecule has 5 heteroatoms. The summed E-state index contributed by atoms with van der Waals surface area (Å²) in [6.07, 6.45) is 3.39. The Balaban J connectivity index is 1.57. The number of carbonyl (C=O) groups is 1. The van der Waals surface area contributed by atoms with Gasteiger partial charge in [0.05, 0.1) is 24.2 Å². The first-order chi connectivity index (χ1) is 10.1. The number of hydrogen-bond donors (Lipinski definition) is 0. The Morgan fingerprint density at radius 1 is 1.48 bits per heavy atom. The molecular formula is C16H23NO3S. The molecule has 4 nitrogen and oxygen atoms in total. The average Bonchev–Trinajstić information content (AvgIpc) is 3.07. The molecule has 2 fully saturated rings. The van der Waals surface area contributed by atoms with Crippen molar-refractivity contribution in [3.8, 4) is 0 Å². The van der Waals surface area contributed by atoms with Crippen molar-refractivity contribution in [2.75, 3.05) is 33.4 Å². The van der Waals surface area contributed by atoms with Crippen LogP contribution in [0.5, 0.6) is 0 Å². The number of carbonyl (C=O) groups excluding carboxylic acids is 1. The fourth-order valence-corrected chi connectivity index (χ4v) is 4.26. The fourth-order valence-electron chi connectivity index (χ4n) is 3.43. The highest BCUT2D eigenvalue weighted by Gasteiger charge is 2.43. The van der Waals surface area contributed by atoms with E-state index in [2.05, 4.69) is 0 Å². The molecule has 0 bridgehead atoms. The monoisotopic (exact) mass is 309 g/mol. The number of rotatable bonds is 3. The quantitative estimate of drug-likeness (QED) is 0.862. The molecule has 3 rings (SSSR count). The number of piperidine rings is 1. The van der Waals surface area contributed by atoms with Crippen LogP contribution >= 0.6 is 11.3 Å². The van der Waals surface area contributed by atoms with Crippen LogP contribution in [0.2, 0.25) is 0 Å². The van der Waals surface area contributed by atoms with E-state index in [4.69, 9.17) is 9.47 Å². The summed E-state index contributed by atoms with van der Waals surface area (Å²) in [6.45, 7) is 5.23. The van der Waals surface area contributed by atoms with Gasteiger partial charge in [0.25, 0.3) is 5.91 Å². The SMILES string of the molecule is COCC1CC2(CCN(C(=O)c3ccc(C)s3)CC2)CO1. The molecule has 1 unspecified atom stereocenters. The zero-order valence-electron chi connectivity index (χ0n) is 12.8. The third-order valence-electron chi connectivity index (χ3n) is 4.70. The zero-order chi connectivity index (χ0) is 14.9. The second-order valence-corrected chi connectivity index (χ2v) is 7.58. The van der Waals surface area contributed by atoms with E-state index >= 15 is 0 Å². The van der Waals surface area contributed by atoms with E-state index in [-0.39, 0.29) is 17.4 Å². The minimum atomic E-state index is 0.190. The number of aryl methyl sites for hydroxylation is 1. The molecule has 2 saturated heterocycles. The minimum absolute atomic E-state index is 0.190. The first kappa shape index (κ1) is 15.0. The van der Waals surface area contributed by atoms with Crippen molar-refractivity contribution in [2.45, 2.75) is 32.3 Å². The maximum Gasteiger partial charge on any atom is 0.263 e. The fraction of sp³-hybridized carbons (Fsp3) is 0.688. The molecule has 2 aliphatic rings. The molecule has 21 heavy (non-hydrogen) atoms. The molecule has 1 aromatic heterocycles. The van der Waals surface area contributed by atoms with E-state index in [9.17, 15) is 4.79 Å². The van der Waals surface area contributed by atoms with Gasteiger partial charge >= 0.3 is 0 Å². The van der Waals surface area contributed by atoms with Crippen LogP contribution in [0.4, 0.5) is 0 Å². The van der Waals surface area contributed by atoms with Gasteiger partial charge in [-0.15, -0.1) is 11.3 Å². The lowest BCUT2D eigenvalue weighted by molar-refractivity contribution is 0.0281. The summed E-state index contributed by atoms with van der Waals surface area (Å²) >= 11 is 1.59. The van der Waals surface area contributed by atoms with Crippen molar-refractivity contribution in [1.82, 2.24) is 4.90 Å². The Bertz CT molecular complexity index is 505. The molecule has 1 amide bonds. The summed E-state index contributed by atoms with van der Waals surface area (Å²) in [5.74, 6) is 0.190. The van der Waals surface area contributed by atoms with E-state index in [0.29, 0.717) is 6.61 Å². The number of amides is 1. The normalized spacial score (nSPS) is 24.7. The highest BCUT2D eigenvalue weighted by atomic mass is 32.1. The van der Waals surface area contributed by atoms with Crippen LogP contribution < -0.4 is 0 Å². The van der Waals surface area contributed by atoms with Crippen LogP contribution in [-0.4, -0.2) is 50.3 Å². The Kier molecular flexibility index (Phi) is 4.33. The summed E-state index contributed by atoms with van der Waals surface area (Å²) in [4.78, 5) is 16.5. The van der Waals surface area contributed by atoms with E-state index in [1.165, 1.54) is 4.88 Å². The number of thiophene rings is 1. The first-order valence-corrected chi connectivity index (χ1v) is 8.40. The molecule has 1 aromatic rings. The molecule has 3 heterocycles. The van der Waals surface area contributed by atoms with Gasteiger partial charge < -0.3 is 14.4 Å². The van der Waals surface area contributed by atoms with Gasteiger partial charge in [0, 0.05) is 25.1 Å². The molecule has 116 valence electrons. The molecule has 0 aromatic carbocycles. The van der Waals surface area contributed by atoms with Gasteiger partial charge in [-0.2, -0.15) is 0 Å². The van der Waals surface area contributed by atoms with Crippen molar-refractivity contribution < 1.29 is 14.3 Å². The molecule has 0 radical (unpaired) electrons. The van der Waals surface area contributed by atoms with Gasteiger partial charge in [-0.05, 0) is 43.7 Å². The minimum Gasteiger partial charge on any atom is -0.382 e. The Morgan fingerprint density at radius 3 is 2.86 bits per heavy atom. The molecule has 0 aliphatic carbocycles. The van der Waals surface area contributed by atoms with Gasteiger partial charge in [0.15, 0.2) is 0 Å². The van der Waals surface area contributed by atoms with Crippen LogP contribution in [0.25, 0.3) is 0 Å². The summed E-state index contributed by atoms with van der Waals surface area (Å²) in [7, 11) is 1.72. The van der Waals surface area contributed by atoms with Gasteiger partial charge in [0.1, 0.15) is 0 Å². The smallest absolute Gasteiger partial charge is 0.263 e. The molecule has 0 N–H and O–H groups in total. The maximum atomic E-state index is 12.5. The molecule has 0 saturated carbocycles. The van der Waals surface area contributed by atoms with E-state index < -0.39 is 0 Å². The topological polar surface area (TPSA) is 38.8 Å². The third kappa shape index (κ3) is 3.15. The number of nitrogens with zero attached hydrogens (tertiary/aromatic N) is 1. The number of likely N-dealkylation sites (tertiary alicyclic amines) is 1. The molecular weight excluding hydrogens is 286 g/mol. The highest BCUT2D eigenvalue weighted by Crippen LogP contribution is 2.42. The largest absolute Gasteiger partial charge is 0.382 e. The number of ether oxygens (including phenoxy) is 2. The van der Waals surface area contributed by atoms with Crippen molar-refractivity contribution in [3.05, 3.63) is 21.9 Å². The predicted molar refractivity (Wildman–Crippen MR) is 82.9 cm³/mol. The second-order valence-electron chi connectivity index (χ2n) is 6.29.